The first-order chi connectivity index (χ1) is 13.4. The van der Waals surface area contributed by atoms with E-state index in [2.05, 4.69) is 15.0 Å². The van der Waals surface area contributed by atoms with Gasteiger partial charge in [-0.05, 0) is 49.6 Å². The van der Waals surface area contributed by atoms with Crippen molar-refractivity contribution in [3.63, 3.8) is 0 Å². The molecule has 0 bridgehead atoms. The van der Waals surface area contributed by atoms with Crippen molar-refractivity contribution in [2.75, 3.05) is 25.6 Å². The normalized spacial score (nSPS) is 13.9. The Morgan fingerprint density at radius 3 is 2.75 bits per heavy atom. The highest BCUT2D eigenvalue weighted by atomic mass is 32.2. The Hall–Kier alpha value is -2.49. The quantitative estimate of drug-likeness (QED) is 0.619. The van der Waals surface area contributed by atoms with Gasteiger partial charge in [-0.3, -0.25) is 4.79 Å². The minimum absolute atomic E-state index is 0.00854. The maximum atomic E-state index is 12.8. The third-order valence-corrected chi connectivity index (χ3v) is 5.73. The maximum absolute atomic E-state index is 12.8. The third-order valence-electron chi connectivity index (χ3n) is 4.21. The summed E-state index contributed by atoms with van der Waals surface area (Å²) in [5.41, 5.74) is 1.33. The minimum atomic E-state index is -3.65. The number of nitrogens with one attached hydrogen (secondary N) is 2. The molecule has 8 nitrogen and oxygen atoms in total. The fourth-order valence-electron chi connectivity index (χ4n) is 2.51. The fraction of sp³-hybridized carbons (Fsp3) is 0.368. The average Bonchev–Trinajstić information content (AvgIpc) is 3.46. The molecule has 2 aromatic rings. The van der Waals surface area contributed by atoms with Gasteiger partial charge < -0.3 is 14.8 Å². The molecular formula is C19H23N3O5S. The lowest BCUT2D eigenvalue weighted by Crippen LogP contribution is -2.26. The van der Waals surface area contributed by atoms with Crippen molar-refractivity contribution in [1.29, 1.82) is 0 Å². The van der Waals surface area contributed by atoms with Crippen LogP contribution in [0.5, 0.6) is 5.88 Å². The van der Waals surface area contributed by atoms with Crippen LogP contribution in [-0.2, 0) is 14.8 Å². The molecule has 1 aliphatic rings. The number of pyridine rings is 1. The van der Waals surface area contributed by atoms with E-state index in [-0.39, 0.29) is 29.0 Å². The zero-order chi connectivity index (χ0) is 20.1. The van der Waals surface area contributed by atoms with E-state index in [9.17, 15) is 13.2 Å². The van der Waals surface area contributed by atoms with Gasteiger partial charge in [-0.25, -0.2) is 18.1 Å². The summed E-state index contributed by atoms with van der Waals surface area (Å²) in [5.74, 6) is -0.171. The number of aromatic nitrogens is 1. The van der Waals surface area contributed by atoms with Gasteiger partial charge >= 0.3 is 0 Å². The lowest BCUT2D eigenvalue weighted by Gasteiger charge is -2.13. The number of carbonyl (C=O) groups excluding carboxylic acids is 1. The summed E-state index contributed by atoms with van der Waals surface area (Å²) in [7, 11) is -2.08. The number of ether oxygens (including phenoxy) is 2. The Kier molecular flexibility index (Phi) is 6.28. The number of hydrogen-bond acceptors (Lipinski definition) is 6. The van der Waals surface area contributed by atoms with Gasteiger partial charge in [0.15, 0.2) is 0 Å². The second-order valence-electron chi connectivity index (χ2n) is 6.52. The van der Waals surface area contributed by atoms with Crippen LogP contribution in [-0.4, -0.2) is 45.7 Å². The molecule has 150 valence electrons. The number of nitrogens with zero attached hydrogens (tertiary/aromatic N) is 1. The number of aryl methyl sites for hydroxylation is 1. The molecule has 1 fully saturated rings. The second kappa shape index (κ2) is 8.68. The van der Waals surface area contributed by atoms with Crippen LogP contribution in [0.4, 0.5) is 5.69 Å². The lowest BCUT2D eigenvalue weighted by molar-refractivity contribution is 0.102. The van der Waals surface area contributed by atoms with E-state index < -0.39 is 15.9 Å². The standard InChI is InChI=1S/C19H23N3O5S/c1-13-5-8-15(28(24,25)22-14-6-7-14)12-16(13)18(23)21-17-4-3-9-20-19(17)27-11-10-26-2/h3-5,8-9,12,14,22H,6-7,10-11H2,1-2H3,(H,21,23). The van der Waals surface area contributed by atoms with Crippen molar-refractivity contribution in [3.05, 3.63) is 47.7 Å². The summed E-state index contributed by atoms with van der Waals surface area (Å²) in [6, 6.07) is 7.84. The SMILES string of the molecule is COCCOc1ncccc1NC(=O)c1cc(S(=O)(=O)NC2CC2)ccc1C. The highest BCUT2D eigenvalue weighted by molar-refractivity contribution is 7.89. The molecule has 28 heavy (non-hydrogen) atoms. The summed E-state index contributed by atoms with van der Waals surface area (Å²) >= 11 is 0. The number of anilines is 1. The minimum Gasteiger partial charge on any atom is -0.474 e. The van der Waals surface area contributed by atoms with Crippen molar-refractivity contribution in [3.8, 4) is 5.88 Å². The molecule has 0 radical (unpaired) electrons. The van der Waals surface area contributed by atoms with E-state index in [1.807, 2.05) is 0 Å². The first-order valence-electron chi connectivity index (χ1n) is 8.92. The number of carbonyl (C=O) groups is 1. The molecule has 0 spiro atoms. The largest absolute Gasteiger partial charge is 0.474 e. The predicted octanol–water partition coefficient (Wildman–Crippen LogP) is 2.11. The van der Waals surface area contributed by atoms with Gasteiger partial charge in [0, 0.05) is 24.9 Å². The fourth-order valence-corrected chi connectivity index (χ4v) is 3.84. The summed E-state index contributed by atoms with van der Waals surface area (Å²) < 4.78 is 38.0. The van der Waals surface area contributed by atoms with Crippen LogP contribution in [0, 0.1) is 6.92 Å². The molecule has 0 saturated heterocycles. The van der Waals surface area contributed by atoms with E-state index in [1.165, 1.54) is 12.1 Å². The van der Waals surface area contributed by atoms with Crippen LogP contribution in [0.2, 0.25) is 0 Å². The van der Waals surface area contributed by atoms with Gasteiger partial charge in [0.1, 0.15) is 12.3 Å². The van der Waals surface area contributed by atoms with Gasteiger partial charge in [-0.1, -0.05) is 6.07 Å². The number of amides is 1. The molecule has 1 aliphatic carbocycles. The molecule has 1 amide bonds. The monoisotopic (exact) mass is 405 g/mol. The number of sulfonamides is 1. The molecule has 2 N–H and O–H groups in total. The number of benzene rings is 1. The van der Waals surface area contributed by atoms with Crippen molar-refractivity contribution in [1.82, 2.24) is 9.71 Å². The van der Waals surface area contributed by atoms with Gasteiger partial charge in [0.25, 0.3) is 5.91 Å². The second-order valence-corrected chi connectivity index (χ2v) is 8.24. The summed E-state index contributed by atoms with van der Waals surface area (Å²) in [4.78, 5) is 17.0. The molecule has 1 aromatic heterocycles. The van der Waals surface area contributed by atoms with Crippen molar-refractivity contribution < 1.29 is 22.7 Å². The smallest absolute Gasteiger partial charge is 0.256 e. The molecule has 1 saturated carbocycles. The van der Waals surface area contributed by atoms with Gasteiger partial charge in [-0.2, -0.15) is 0 Å². The molecule has 9 heteroatoms. The Morgan fingerprint density at radius 1 is 1.25 bits per heavy atom. The van der Waals surface area contributed by atoms with Crippen LogP contribution < -0.4 is 14.8 Å². The van der Waals surface area contributed by atoms with E-state index >= 15 is 0 Å². The highest BCUT2D eigenvalue weighted by Gasteiger charge is 2.28. The molecule has 1 heterocycles. The van der Waals surface area contributed by atoms with E-state index in [0.29, 0.717) is 17.9 Å². The van der Waals surface area contributed by atoms with Crippen LogP contribution in [0.15, 0.2) is 41.4 Å². The van der Waals surface area contributed by atoms with Gasteiger partial charge in [-0.15, -0.1) is 0 Å². The van der Waals surface area contributed by atoms with Crippen LogP contribution in [0.1, 0.15) is 28.8 Å². The molecule has 3 rings (SSSR count). The first-order valence-corrected chi connectivity index (χ1v) is 10.4. The summed E-state index contributed by atoms with van der Waals surface area (Å²) in [5, 5.41) is 2.74. The van der Waals surface area contributed by atoms with Crippen molar-refractivity contribution >= 4 is 21.6 Å². The zero-order valence-corrected chi connectivity index (χ0v) is 16.6. The summed E-state index contributed by atoms with van der Waals surface area (Å²) in [6.07, 6.45) is 3.23. The highest BCUT2D eigenvalue weighted by Crippen LogP contribution is 2.25. The molecule has 0 unspecified atom stereocenters. The van der Waals surface area contributed by atoms with Crippen LogP contribution >= 0.6 is 0 Å². The van der Waals surface area contributed by atoms with Gasteiger partial charge in [0.2, 0.25) is 15.9 Å². The number of rotatable bonds is 9. The van der Waals surface area contributed by atoms with Crippen molar-refractivity contribution in [2.24, 2.45) is 0 Å². The Bertz CT molecular complexity index is 958. The molecule has 0 atom stereocenters. The van der Waals surface area contributed by atoms with Crippen LogP contribution in [0.3, 0.4) is 0 Å². The van der Waals surface area contributed by atoms with E-state index in [1.54, 1.807) is 38.4 Å². The summed E-state index contributed by atoms with van der Waals surface area (Å²) in [6.45, 7) is 2.42. The van der Waals surface area contributed by atoms with E-state index in [0.717, 1.165) is 12.8 Å². The molecular weight excluding hydrogens is 382 g/mol. The van der Waals surface area contributed by atoms with Gasteiger partial charge in [0.05, 0.1) is 11.5 Å². The first kappa shape index (κ1) is 20.2. The topological polar surface area (TPSA) is 107 Å². The zero-order valence-electron chi connectivity index (χ0n) is 15.8. The Morgan fingerprint density at radius 2 is 2.04 bits per heavy atom. The van der Waals surface area contributed by atoms with E-state index in [4.69, 9.17) is 9.47 Å². The molecule has 0 aliphatic heterocycles. The predicted molar refractivity (Wildman–Crippen MR) is 104 cm³/mol. The van der Waals surface area contributed by atoms with Crippen molar-refractivity contribution in [2.45, 2.75) is 30.7 Å². The average molecular weight is 405 g/mol. The number of hydrogen-bond donors (Lipinski definition) is 2. The lowest BCUT2D eigenvalue weighted by atomic mass is 10.1. The third kappa shape index (κ3) is 5.06. The molecule has 1 aromatic carbocycles. The Balaban J connectivity index is 1.80. The Labute approximate surface area is 164 Å². The number of methoxy groups -OCH3 is 1. The maximum Gasteiger partial charge on any atom is 0.256 e. The van der Waals surface area contributed by atoms with Crippen LogP contribution in [0.25, 0.3) is 0 Å².